The molecule has 1 aliphatic rings. The van der Waals surface area contributed by atoms with E-state index < -0.39 is 0 Å². The Bertz CT molecular complexity index is 995. The van der Waals surface area contributed by atoms with Gasteiger partial charge in [0.2, 0.25) is 0 Å². The number of aromatic nitrogens is 3. The highest BCUT2D eigenvalue weighted by molar-refractivity contribution is 9.10. The van der Waals surface area contributed by atoms with E-state index in [1.54, 1.807) is 0 Å². The van der Waals surface area contributed by atoms with Gasteiger partial charge in [0, 0.05) is 30.4 Å². The molecule has 2 radical (unpaired) electrons. The van der Waals surface area contributed by atoms with Gasteiger partial charge in [0.1, 0.15) is 19.5 Å². The van der Waals surface area contributed by atoms with Crippen molar-refractivity contribution in [3.8, 4) is 5.69 Å². The molecule has 1 fully saturated rings. The highest BCUT2D eigenvalue weighted by Gasteiger charge is 2.24. The topological polar surface area (TPSA) is 54.2 Å². The number of halogens is 1. The van der Waals surface area contributed by atoms with Gasteiger partial charge in [-0.2, -0.15) is 0 Å². The summed E-state index contributed by atoms with van der Waals surface area (Å²) in [5.41, 5.74) is 3.78. The fourth-order valence-corrected chi connectivity index (χ4v) is 4.44. The van der Waals surface area contributed by atoms with Crippen LogP contribution in [0.3, 0.4) is 0 Å². The molecule has 27 heavy (non-hydrogen) atoms. The number of nitrogens with zero attached hydrogens (tertiary/aromatic N) is 4. The first-order valence-corrected chi connectivity index (χ1v) is 10.0. The van der Waals surface area contributed by atoms with Crippen molar-refractivity contribution in [1.29, 1.82) is 0 Å². The lowest BCUT2D eigenvalue weighted by Crippen LogP contribution is -2.35. The Labute approximate surface area is 169 Å². The van der Waals surface area contributed by atoms with Crippen molar-refractivity contribution in [2.24, 2.45) is 5.92 Å². The number of hydrogen-bond acceptors (Lipinski definition) is 4. The number of aryl methyl sites for hydroxylation is 2. The molecule has 1 N–H and O–H groups in total. The number of anilines is 1. The average Bonchev–Trinajstić information content (AvgIpc) is 2.97. The molecule has 0 bridgehead atoms. The average molecular weight is 425 g/mol. The Balaban J connectivity index is 1.84. The van der Waals surface area contributed by atoms with Crippen LogP contribution in [0.15, 0.2) is 28.9 Å². The number of aliphatic hydroxyl groups excluding tert-OH is 1. The van der Waals surface area contributed by atoms with Crippen molar-refractivity contribution < 1.29 is 5.11 Å². The highest BCUT2D eigenvalue weighted by Crippen LogP contribution is 2.34. The van der Waals surface area contributed by atoms with Gasteiger partial charge >= 0.3 is 0 Å². The SMILES string of the molecule is [B]c1ccc(-n2cc(C)c3c(N4CCC(CO)CC4)nc(C)nc32)c(Br)c1. The van der Waals surface area contributed by atoms with Crippen molar-refractivity contribution in [2.75, 3.05) is 24.6 Å². The van der Waals surface area contributed by atoms with E-state index in [-0.39, 0.29) is 6.61 Å². The van der Waals surface area contributed by atoms with Crippen molar-refractivity contribution in [3.63, 3.8) is 0 Å². The maximum Gasteiger partial charge on any atom is 0.150 e. The minimum absolute atomic E-state index is 0.270. The normalized spacial score (nSPS) is 15.6. The van der Waals surface area contributed by atoms with E-state index in [1.165, 1.54) is 0 Å². The summed E-state index contributed by atoms with van der Waals surface area (Å²) in [5, 5.41) is 10.5. The molecule has 0 atom stereocenters. The quantitative estimate of drug-likeness (QED) is 0.657. The summed E-state index contributed by atoms with van der Waals surface area (Å²) in [6, 6.07) is 5.81. The molecular weight excluding hydrogens is 403 g/mol. The molecule has 1 aromatic carbocycles. The Hall–Kier alpha value is -1.86. The van der Waals surface area contributed by atoms with Crippen LogP contribution in [0.2, 0.25) is 0 Å². The molecule has 3 aromatic rings. The molecule has 4 rings (SSSR count). The Morgan fingerprint density at radius 2 is 1.96 bits per heavy atom. The van der Waals surface area contributed by atoms with Crippen molar-refractivity contribution in [1.82, 2.24) is 14.5 Å². The summed E-state index contributed by atoms with van der Waals surface area (Å²) >= 11 is 3.63. The van der Waals surface area contributed by atoms with Crippen molar-refractivity contribution >= 4 is 46.1 Å². The van der Waals surface area contributed by atoms with Gasteiger partial charge in [0.25, 0.3) is 0 Å². The smallest absolute Gasteiger partial charge is 0.150 e. The molecule has 3 heterocycles. The number of aliphatic hydroxyl groups is 1. The molecular formula is C20H22BBrN4O. The lowest BCUT2D eigenvalue weighted by atomic mass is 9.96. The van der Waals surface area contributed by atoms with Crippen LogP contribution >= 0.6 is 15.9 Å². The summed E-state index contributed by atoms with van der Waals surface area (Å²) < 4.78 is 3.04. The van der Waals surface area contributed by atoms with E-state index in [1.807, 2.05) is 25.1 Å². The van der Waals surface area contributed by atoms with Crippen molar-refractivity contribution in [3.05, 3.63) is 40.3 Å². The lowest BCUT2D eigenvalue weighted by molar-refractivity contribution is 0.203. The Kier molecular flexibility index (Phi) is 4.99. The fraction of sp³-hybridized carbons (Fsp3) is 0.400. The van der Waals surface area contributed by atoms with Gasteiger partial charge in [-0.15, -0.1) is 0 Å². The second-order valence-electron chi connectivity index (χ2n) is 7.30. The molecule has 1 aliphatic heterocycles. The van der Waals surface area contributed by atoms with Gasteiger partial charge in [-0.1, -0.05) is 17.6 Å². The monoisotopic (exact) mass is 424 g/mol. The largest absolute Gasteiger partial charge is 0.396 e. The van der Waals surface area contributed by atoms with Crippen LogP contribution in [-0.2, 0) is 0 Å². The number of benzene rings is 1. The first-order valence-electron chi connectivity index (χ1n) is 9.25. The lowest BCUT2D eigenvalue weighted by Gasteiger charge is -2.32. The van der Waals surface area contributed by atoms with E-state index in [0.29, 0.717) is 5.92 Å². The number of piperidine rings is 1. The van der Waals surface area contributed by atoms with E-state index in [4.69, 9.17) is 17.8 Å². The number of rotatable bonds is 3. The fourth-order valence-electron chi connectivity index (χ4n) is 3.85. The van der Waals surface area contributed by atoms with E-state index in [0.717, 1.165) is 69.8 Å². The summed E-state index contributed by atoms with van der Waals surface area (Å²) in [7, 11) is 5.90. The third-order valence-electron chi connectivity index (χ3n) is 5.33. The van der Waals surface area contributed by atoms with Gasteiger partial charge in [-0.25, -0.2) is 9.97 Å². The van der Waals surface area contributed by atoms with Crippen LogP contribution in [0, 0.1) is 19.8 Å². The Morgan fingerprint density at radius 3 is 2.63 bits per heavy atom. The van der Waals surface area contributed by atoms with Crippen LogP contribution in [-0.4, -0.2) is 47.2 Å². The van der Waals surface area contributed by atoms with E-state index in [9.17, 15) is 5.11 Å². The van der Waals surface area contributed by atoms with Gasteiger partial charge < -0.3 is 10.0 Å². The van der Waals surface area contributed by atoms with Gasteiger partial charge in [-0.05, 0) is 60.2 Å². The van der Waals surface area contributed by atoms with Crippen LogP contribution in [0.25, 0.3) is 16.7 Å². The third kappa shape index (κ3) is 3.38. The summed E-state index contributed by atoms with van der Waals surface area (Å²) in [6.07, 6.45) is 4.09. The number of hydrogen-bond donors (Lipinski definition) is 1. The zero-order valence-corrected chi connectivity index (χ0v) is 17.2. The summed E-state index contributed by atoms with van der Waals surface area (Å²) in [5.74, 6) is 2.15. The molecule has 0 unspecified atom stereocenters. The first-order chi connectivity index (χ1) is 13.0. The third-order valence-corrected chi connectivity index (χ3v) is 5.97. The molecule has 0 spiro atoms. The predicted octanol–water partition coefficient (Wildman–Crippen LogP) is 2.80. The summed E-state index contributed by atoms with van der Waals surface area (Å²) in [6.45, 7) is 6.13. The van der Waals surface area contributed by atoms with E-state index >= 15 is 0 Å². The second-order valence-corrected chi connectivity index (χ2v) is 8.15. The molecule has 2 aromatic heterocycles. The molecule has 7 heteroatoms. The zero-order valence-electron chi connectivity index (χ0n) is 15.6. The summed E-state index contributed by atoms with van der Waals surface area (Å²) in [4.78, 5) is 11.9. The molecule has 0 amide bonds. The minimum Gasteiger partial charge on any atom is -0.396 e. The van der Waals surface area contributed by atoms with Crippen LogP contribution in [0.4, 0.5) is 5.82 Å². The second kappa shape index (κ2) is 7.28. The molecule has 138 valence electrons. The standard InChI is InChI=1S/C20H22BBrN4O/c1-12-10-26(17-4-3-15(21)9-16(17)22)20-18(12)19(23-13(2)24-20)25-7-5-14(11-27)6-8-25/h3-4,9-10,14,27H,5-8,11H2,1-2H3. The highest BCUT2D eigenvalue weighted by atomic mass is 79.9. The maximum absolute atomic E-state index is 9.42. The maximum atomic E-state index is 9.42. The molecule has 5 nitrogen and oxygen atoms in total. The van der Waals surface area contributed by atoms with Crippen LogP contribution < -0.4 is 10.4 Å². The van der Waals surface area contributed by atoms with Gasteiger partial charge in [0.05, 0.1) is 11.1 Å². The molecule has 0 aliphatic carbocycles. The van der Waals surface area contributed by atoms with Crippen molar-refractivity contribution in [2.45, 2.75) is 26.7 Å². The number of fused-ring (bicyclic) bond motifs is 1. The molecule has 1 saturated heterocycles. The van der Waals surface area contributed by atoms with Gasteiger partial charge in [-0.3, -0.25) is 4.57 Å². The Morgan fingerprint density at radius 1 is 1.22 bits per heavy atom. The zero-order chi connectivity index (χ0) is 19.1. The van der Waals surface area contributed by atoms with Crippen LogP contribution in [0.1, 0.15) is 24.2 Å². The van der Waals surface area contributed by atoms with E-state index in [2.05, 4.69) is 38.5 Å². The predicted molar refractivity (Wildman–Crippen MR) is 113 cm³/mol. The molecule has 0 saturated carbocycles. The van der Waals surface area contributed by atoms with Crippen LogP contribution in [0.5, 0.6) is 0 Å². The first kappa shape index (κ1) is 18.5. The minimum atomic E-state index is 0.270. The van der Waals surface area contributed by atoms with Gasteiger partial charge in [0.15, 0.2) is 5.65 Å².